The molecule has 3 atom stereocenters. The quantitative estimate of drug-likeness (QED) is 0.376. The van der Waals surface area contributed by atoms with E-state index >= 15 is 0 Å². The highest BCUT2D eigenvalue weighted by Gasteiger charge is 2.27. The summed E-state index contributed by atoms with van der Waals surface area (Å²) in [6, 6.07) is 22.3. The zero-order valence-electron chi connectivity index (χ0n) is 18.4. The highest BCUT2D eigenvalue weighted by molar-refractivity contribution is 5.78. The van der Waals surface area contributed by atoms with Crippen molar-refractivity contribution in [3.8, 4) is 11.5 Å². The van der Waals surface area contributed by atoms with Crippen LogP contribution in [0.15, 0.2) is 72.9 Å². The smallest absolute Gasteiger partial charge is 0.303 e. The van der Waals surface area contributed by atoms with E-state index in [4.69, 9.17) is 9.47 Å². The molecule has 0 saturated carbocycles. The molecule has 4 aromatic rings. The van der Waals surface area contributed by atoms with Crippen LogP contribution in [-0.2, 0) is 4.79 Å². The molecule has 1 aromatic heterocycles. The number of benzene rings is 3. The first-order valence-electron chi connectivity index (χ1n) is 11.2. The fourth-order valence-corrected chi connectivity index (χ4v) is 4.61. The molecule has 0 spiro atoms. The van der Waals surface area contributed by atoms with Gasteiger partial charge in [-0.15, -0.1) is 0 Å². The molecule has 168 valence electrons. The molecule has 3 aromatic carbocycles. The zero-order chi connectivity index (χ0) is 22.8. The molecule has 6 heteroatoms. The molecule has 3 unspecified atom stereocenters. The first-order chi connectivity index (χ1) is 16.1. The second kappa shape index (κ2) is 8.98. The third-order valence-electron chi connectivity index (χ3n) is 6.41. The average Bonchev–Trinajstić information content (AvgIpc) is 3.30. The highest BCUT2D eigenvalue weighted by Crippen LogP contribution is 2.41. The van der Waals surface area contributed by atoms with E-state index in [9.17, 15) is 9.90 Å². The van der Waals surface area contributed by atoms with E-state index in [0.29, 0.717) is 24.5 Å². The van der Waals surface area contributed by atoms with Gasteiger partial charge >= 0.3 is 5.97 Å². The standard InChI is InChI=1S/C27H26N2O4/c1-17(18-5-3-2-4-6-18)27(20-7-10-24-21(13-20)16-28-29-24)33-22-8-9-23-19(14-26(30)31)11-12-32-25(23)15-22/h2-10,13,15-17,19,27H,11-12,14H2,1H3,(H,28,29)(H,30,31). The van der Waals surface area contributed by atoms with Crippen molar-refractivity contribution in [1.82, 2.24) is 10.2 Å². The molecule has 6 nitrogen and oxygen atoms in total. The van der Waals surface area contributed by atoms with Crippen molar-refractivity contribution in [2.45, 2.75) is 37.7 Å². The molecule has 33 heavy (non-hydrogen) atoms. The third-order valence-corrected chi connectivity index (χ3v) is 6.41. The molecule has 2 N–H and O–H groups in total. The van der Waals surface area contributed by atoms with Crippen molar-refractivity contribution in [2.75, 3.05) is 6.61 Å². The average molecular weight is 443 g/mol. The Labute approximate surface area is 192 Å². The minimum atomic E-state index is -0.792. The molecule has 1 aliphatic heterocycles. The van der Waals surface area contributed by atoms with Crippen molar-refractivity contribution < 1.29 is 19.4 Å². The van der Waals surface area contributed by atoms with Crippen LogP contribution in [0.1, 0.15) is 54.4 Å². The van der Waals surface area contributed by atoms with Gasteiger partial charge in [-0.05, 0) is 41.3 Å². The largest absolute Gasteiger partial charge is 0.493 e. The summed E-state index contributed by atoms with van der Waals surface area (Å²) < 4.78 is 12.5. The number of carboxylic acids is 1. The molecular formula is C27H26N2O4. The summed E-state index contributed by atoms with van der Waals surface area (Å²) in [5.74, 6) is 0.667. The van der Waals surface area contributed by atoms with E-state index in [0.717, 1.165) is 22.0 Å². The van der Waals surface area contributed by atoms with Gasteiger partial charge in [0.15, 0.2) is 0 Å². The second-order valence-electron chi connectivity index (χ2n) is 8.59. The topological polar surface area (TPSA) is 84.4 Å². The maximum absolute atomic E-state index is 11.3. The molecule has 0 bridgehead atoms. The number of aromatic amines is 1. The molecule has 2 heterocycles. The number of ether oxygens (including phenoxy) is 2. The van der Waals surface area contributed by atoms with Crippen LogP contribution in [0.5, 0.6) is 11.5 Å². The van der Waals surface area contributed by atoms with Gasteiger partial charge in [0, 0.05) is 23.3 Å². The molecule has 0 fully saturated rings. The Bertz CT molecular complexity index is 1270. The van der Waals surface area contributed by atoms with Crippen LogP contribution < -0.4 is 9.47 Å². The van der Waals surface area contributed by atoms with Gasteiger partial charge < -0.3 is 14.6 Å². The normalized spacial score (nSPS) is 17.1. The lowest BCUT2D eigenvalue weighted by molar-refractivity contribution is -0.137. The Morgan fingerprint density at radius 3 is 2.82 bits per heavy atom. The van der Waals surface area contributed by atoms with Crippen LogP contribution in [0.2, 0.25) is 0 Å². The van der Waals surface area contributed by atoms with Gasteiger partial charge in [-0.2, -0.15) is 5.10 Å². The molecule has 0 radical (unpaired) electrons. The SMILES string of the molecule is CC(c1ccccc1)C(Oc1ccc2c(c1)OCCC2CC(=O)O)c1ccc2[nH]ncc2c1. The van der Waals surface area contributed by atoms with Crippen LogP contribution in [0.4, 0.5) is 0 Å². The van der Waals surface area contributed by atoms with Crippen LogP contribution in [0, 0.1) is 0 Å². The lowest BCUT2D eigenvalue weighted by Crippen LogP contribution is -2.18. The molecule has 0 saturated heterocycles. The number of fused-ring (bicyclic) bond motifs is 2. The lowest BCUT2D eigenvalue weighted by Gasteiger charge is -2.28. The summed E-state index contributed by atoms with van der Waals surface area (Å²) in [4.78, 5) is 11.3. The van der Waals surface area contributed by atoms with Gasteiger partial charge in [0.2, 0.25) is 0 Å². The fourth-order valence-electron chi connectivity index (χ4n) is 4.61. The Kier molecular flexibility index (Phi) is 5.73. The number of aliphatic carboxylic acids is 1. The first-order valence-corrected chi connectivity index (χ1v) is 11.2. The van der Waals surface area contributed by atoms with Gasteiger partial charge in [-0.25, -0.2) is 0 Å². The maximum atomic E-state index is 11.3. The van der Waals surface area contributed by atoms with Crippen LogP contribution in [-0.4, -0.2) is 27.9 Å². The van der Waals surface area contributed by atoms with Gasteiger partial charge in [0.05, 0.1) is 24.7 Å². The number of nitrogens with one attached hydrogen (secondary N) is 1. The molecular weight excluding hydrogens is 416 g/mol. The van der Waals surface area contributed by atoms with Crippen molar-refractivity contribution in [3.63, 3.8) is 0 Å². The zero-order valence-corrected chi connectivity index (χ0v) is 18.4. The predicted molar refractivity (Wildman–Crippen MR) is 126 cm³/mol. The molecule has 5 rings (SSSR count). The number of aromatic nitrogens is 2. The van der Waals surface area contributed by atoms with Gasteiger partial charge in [0.25, 0.3) is 0 Å². The van der Waals surface area contributed by atoms with Gasteiger partial charge in [-0.3, -0.25) is 9.89 Å². The molecule has 0 amide bonds. The Balaban J connectivity index is 1.49. The van der Waals surface area contributed by atoms with Crippen molar-refractivity contribution >= 4 is 16.9 Å². The monoisotopic (exact) mass is 442 g/mol. The van der Waals surface area contributed by atoms with Crippen molar-refractivity contribution in [1.29, 1.82) is 0 Å². The summed E-state index contributed by atoms with van der Waals surface area (Å²) in [7, 11) is 0. The third kappa shape index (κ3) is 4.42. The van der Waals surface area contributed by atoms with Gasteiger partial charge in [0.1, 0.15) is 17.6 Å². The summed E-state index contributed by atoms with van der Waals surface area (Å²) in [5.41, 5.74) is 4.16. The molecule has 0 aliphatic carbocycles. The first kappa shape index (κ1) is 21.1. The van der Waals surface area contributed by atoms with Gasteiger partial charge in [-0.1, -0.05) is 49.4 Å². The van der Waals surface area contributed by atoms with Crippen molar-refractivity contribution in [3.05, 3.63) is 89.6 Å². The Morgan fingerprint density at radius 1 is 1.15 bits per heavy atom. The molecule has 1 aliphatic rings. The van der Waals surface area contributed by atoms with Crippen LogP contribution >= 0.6 is 0 Å². The summed E-state index contributed by atoms with van der Waals surface area (Å²) >= 11 is 0. The number of nitrogens with zero attached hydrogens (tertiary/aromatic N) is 1. The highest BCUT2D eigenvalue weighted by atomic mass is 16.5. The van der Waals surface area contributed by atoms with E-state index in [1.807, 2.05) is 48.7 Å². The predicted octanol–water partition coefficient (Wildman–Crippen LogP) is 5.83. The number of rotatable bonds is 7. The fraction of sp³-hybridized carbons (Fsp3) is 0.259. The van der Waals surface area contributed by atoms with E-state index < -0.39 is 5.97 Å². The second-order valence-corrected chi connectivity index (χ2v) is 8.59. The minimum Gasteiger partial charge on any atom is -0.493 e. The van der Waals surface area contributed by atoms with E-state index in [1.165, 1.54) is 5.56 Å². The number of carbonyl (C=O) groups is 1. The Hall–Kier alpha value is -3.80. The number of hydrogen-bond acceptors (Lipinski definition) is 4. The van der Waals surface area contributed by atoms with E-state index in [-0.39, 0.29) is 24.4 Å². The summed E-state index contributed by atoms with van der Waals surface area (Å²) in [6.07, 6.45) is 2.40. The number of carboxylic acid groups (broad SMARTS) is 1. The lowest BCUT2D eigenvalue weighted by atomic mass is 9.89. The maximum Gasteiger partial charge on any atom is 0.303 e. The van der Waals surface area contributed by atoms with Crippen LogP contribution in [0.3, 0.4) is 0 Å². The van der Waals surface area contributed by atoms with Crippen molar-refractivity contribution in [2.24, 2.45) is 0 Å². The summed E-state index contributed by atoms with van der Waals surface area (Å²) in [5, 5.41) is 17.4. The minimum absolute atomic E-state index is 0.0390. The number of H-pyrrole nitrogens is 1. The van der Waals surface area contributed by atoms with E-state index in [1.54, 1.807) is 0 Å². The van der Waals surface area contributed by atoms with E-state index in [2.05, 4.69) is 41.4 Å². The number of hydrogen-bond donors (Lipinski definition) is 2. The van der Waals surface area contributed by atoms with Crippen LogP contribution in [0.25, 0.3) is 10.9 Å². The summed E-state index contributed by atoms with van der Waals surface area (Å²) in [6.45, 7) is 2.67. The Morgan fingerprint density at radius 2 is 2.00 bits per heavy atom.